The molecule has 0 saturated heterocycles. The summed E-state index contributed by atoms with van der Waals surface area (Å²) in [6.07, 6.45) is 7.84. The lowest BCUT2D eigenvalue weighted by Gasteiger charge is -2.16. The molecular weight excluding hydrogens is 316 g/mol. The minimum atomic E-state index is -0.384. The molecule has 0 aliphatic rings. The van der Waals surface area contributed by atoms with Crippen LogP contribution in [0.5, 0.6) is 0 Å². The highest BCUT2D eigenvalue weighted by Gasteiger charge is 2.16. The molecule has 0 N–H and O–H groups in total. The second-order valence-electron chi connectivity index (χ2n) is 6.38. The fraction of sp³-hybridized carbons (Fsp3) is 0.619. The molecule has 140 valence electrons. The molecule has 0 bridgehead atoms. The van der Waals surface area contributed by atoms with Crippen molar-refractivity contribution in [2.75, 3.05) is 6.61 Å². The van der Waals surface area contributed by atoms with Gasteiger partial charge in [0.05, 0.1) is 17.7 Å². The quantitative estimate of drug-likeness (QED) is 0.367. The van der Waals surface area contributed by atoms with Crippen LogP contribution in [0.1, 0.15) is 92.9 Å². The van der Waals surface area contributed by atoms with Gasteiger partial charge in [-0.3, -0.25) is 0 Å². The van der Waals surface area contributed by atoms with E-state index in [0.29, 0.717) is 17.7 Å². The number of carbonyl (C=O) groups is 2. The maximum atomic E-state index is 12.3. The standard InChI is InChI=1S/C21H32O4/c1-4-7-8-9-15-24-20(22)17-13-10-14-18(16-17)21(23)25-19(11-5-2)12-6-3/h10,13-14,16,19H,4-9,11-12,15H2,1-3H3. The van der Waals surface area contributed by atoms with E-state index in [2.05, 4.69) is 20.8 Å². The van der Waals surface area contributed by atoms with Crippen molar-refractivity contribution in [1.29, 1.82) is 0 Å². The van der Waals surface area contributed by atoms with Gasteiger partial charge in [0.15, 0.2) is 0 Å². The van der Waals surface area contributed by atoms with Crippen molar-refractivity contribution in [3.63, 3.8) is 0 Å². The molecule has 0 aliphatic carbocycles. The first-order valence-corrected chi connectivity index (χ1v) is 9.60. The lowest BCUT2D eigenvalue weighted by atomic mass is 10.1. The van der Waals surface area contributed by atoms with Gasteiger partial charge in [-0.25, -0.2) is 9.59 Å². The van der Waals surface area contributed by atoms with E-state index in [1.807, 2.05) is 0 Å². The van der Waals surface area contributed by atoms with Gasteiger partial charge in [-0.1, -0.05) is 58.9 Å². The average Bonchev–Trinajstić information content (AvgIpc) is 2.62. The van der Waals surface area contributed by atoms with E-state index in [1.54, 1.807) is 24.3 Å². The predicted octanol–water partition coefficient (Wildman–Crippen LogP) is 5.55. The number of carbonyl (C=O) groups excluding carboxylic acids is 2. The third-order valence-corrected chi connectivity index (χ3v) is 4.06. The molecule has 1 aromatic carbocycles. The monoisotopic (exact) mass is 348 g/mol. The van der Waals surface area contributed by atoms with Crippen molar-refractivity contribution in [3.8, 4) is 0 Å². The number of esters is 2. The zero-order chi connectivity index (χ0) is 18.5. The number of ether oxygens (including phenoxy) is 2. The zero-order valence-corrected chi connectivity index (χ0v) is 15.9. The van der Waals surface area contributed by atoms with E-state index in [4.69, 9.17) is 9.47 Å². The van der Waals surface area contributed by atoms with Gasteiger partial charge in [0.2, 0.25) is 0 Å². The van der Waals surface area contributed by atoms with Gasteiger partial charge in [0.25, 0.3) is 0 Å². The summed E-state index contributed by atoms with van der Waals surface area (Å²) in [6, 6.07) is 6.60. The third kappa shape index (κ3) is 8.19. The third-order valence-electron chi connectivity index (χ3n) is 4.06. The SMILES string of the molecule is CCCCCCOC(=O)c1cccc(C(=O)OC(CCC)CCC)c1. The Balaban J connectivity index is 2.60. The molecule has 0 heterocycles. The Hall–Kier alpha value is -1.84. The molecule has 0 spiro atoms. The summed E-state index contributed by atoms with van der Waals surface area (Å²) in [6.45, 7) is 6.71. The summed E-state index contributed by atoms with van der Waals surface area (Å²) in [5, 5.41) is 0. The molecule has 0 aliphatic heterocycles. The molecule has 0 amide bonds. The first-order valence-electron chi connectivity index (χ1n) is 9.60. The normalized spacial score (nSPS) is 10.7. The van der Waals surface area contributed by atoms with Gasteiger partial charge in [-0.15, -0.1) is 0 Å². The highest BCUT2D eigenvalue weighted by atomic mass is 16.5. The summed E-state index contributed by atoms with van der Waals surface area (Å²) in [5.41, 5.74) is 0.796. The average molecular weight is 348 g/mol. The zero-order valence-electron chi connectivity index (χ0n) is 15.9. The molecular formula is C21H32O4. The molecule has 0 saturated carbocycles. The fourth-order valence-electron chi connectivity index (χ4n) is 2.68. The van der Waals surface area contributed by atoms with E-state index >= 15 is 0 Å². The topological polar surface area (TPSA) is 52.6 Å². The summed E-state index contributed by atoms with van der Waals surface area (Å²) >= 11 is 0. The minimum absolute atomic E-state index is 0.0586. The number of benzene rings is 1. The molecule has 0 aromatic heterocycles. The molecule has 1 rings (SSSR count). The summed E-state index contributed by atoms with van der Waals surface area (Å²) < 4.78 is 10.9. The fourth-order valence-corrected chi connectivity index (χ4v) is 2.68. The molecule has 0 fully saturated rings. The predicted molar refractivity (Wildman–Crippen MR) is 99.9 cm³/mol. The van der Waals surface area contributed by atoms with E-state index in [1.165, 1.54) is 0 Å². The lowest BCUT2D eigenvalue weighted by molar-refractivity contribution is 0.0258. The molecule has 0 atom stereocenters. The van der Waals surface area contributed by atoms with Crippen LogP contribution in [0.15, 0.2) is 24.3 Å². The van der Waals surface area contributed by atoms with Crippen LogP contribution in [0.4, 0.5) is 0 Å². The van der Waals surface area contributed by atoms with E-state index in [0.717, 1.165) is 51.4 Å². The Bertz CT molecular complexity index is 518. The van der Waals surface area contributed by atoms with Crippen molar-refractivity contribution in [2.45, 2.75) is 78.2 Å². The molecule has 0 unspecified atom stereocenters. The van der Waals surface area contributed by atoms with E-state index in [9.17, 15) is 9.59 Å². The van der Waals surface area contributed by atoms with Gasteiger partial charge in [-0.05, 0) is 37.5 Å². The van der Waals surface area contributed by atoms with Crippen LogP contribution in [0, 0.1) is 0 Å². The Morgan fingerprint density at radius 3 is 2.12 bits per heavy atom. The number of unbranched alkanes of at least 4 members (excludes halogenated alkanes) is 3. The Kier molecular flexibility index (Phi) is 10.6. The van der Waals surface area contributed by atoms with Crippen molar-refractivity contribution in [2.24, 2.45) is 0 Å². The van der Waals surface area contributed by atoms with E-state index < -0.39 is 0 Å². The first-order chi connectivity index (χ1) is 12.1. The second kappa shape index (κ2) is 12.5. The van der Waals surface area contributed by atoms with Crippen molar-refractivity contribution in [3.05, 3.63) is 35.4 Å². The molecule has 1 aromatic rings. The van der Waals surface area contributed by atoms with Crippen molar-refractivity contribution >= 4 is 11.9 Å². The van der Waals surface area contributed by atoms with Crippen LogP contribution in [-0.4, -0.2) is 24.6 Å². The van der Waals surface area contributed by atoms with Crippen molar-refractivity contribution in [1.82, 2.24) is 0 Å². The van der Waals surface area contributed by atoms with Crippen LogP contribution in [-0.2, 0) is 9.47 Å². The van der Waals surface area contributed by atoms with Crippen LogP contribution < -0.4 is 0 Å². The number of hydrogen-bond acceptors (Lipinski definition) is 4. The van der Waals surface area contributed by atoms with Crippen molar-refractivity contribution < 1.29 is 19.1 Å². The van der Waals surface area contributed by atoms with Gasteiger partial charge in [0, 0.05) is 0 Å². The molecule has 25 heavy (non-hydrogen) atoms. The van der Waals surface area contributed by atoms with Gasteiger partial charge < -0.3 is 9.47 Å². The van der Waals surface area contributed by atoms with E-state index in [-0.39, 0.29) is 18.0 Å². The molecule has 4 nitrogen and oxygen atoms in total. The summed E-state index contributed by atoms with van der Waals surface area (Å²) in [7, 11) is 0. The first kappa shape index (κ1) is 21.2. The highest BCUT2D eigenvalue weighted by molar-refractivity contribution is 5.95. The van der Waals surface area contributed by atoms with Gasteiger partial charge in [-0.2, -0.15) is 0 Å². The Morgan fingerprint density at radius 2 is 1.52 bits per heavy atom. The number of hydrogen-bond donors (Lipinski definition) is 0. The van der Waals surface area contributed by atoms with Crippen LogP contribution in [0.3, 0.4) is 0 Å². The molecule has 4 heteroatoms. The van der Waals surface area contributed by atoms with Crippen LogP contribution in [0.25, 0.3) is 0 Å². The summed E-state index contributed by atoms with van der Waals surface area (Å²) in [5.74, 6) is -0.755. The smallest absolute Gasteiger partial charge is 0.338 e. The Labute approximate surface area is 151 Å². The van der Waals surface area contributed by atoms with Crippen LogP contribution >= 0.6 is 0 Å². The Morgan fingerprint density at radius 1 is 0.880 bits per heavy atom. The van der Waals surface area contributed by atoms with Crippen LogP contribution in [0.2, 0.25) is 0 Å². The molecule has 0 radical (unpaired) electrons. The van der Waals surface area contributed by atoms with Gasteiger partial charge in [0.1, 0.15) is 6.10 Å². The minimum Gasteiger partial charge on any atom is -0.462 e. The summed E-state index contributed by atoms with van der Waals surface area (Å²) in [4.78, 5) is 24.4. The number of rotatable bonds is 12. The maximum Gasteiger partial charge on any atom is 0.338 e. The largest absolute Gasteiger partial charge is 0.462 e. The second-order valence-corrected chi connectivity index (χ2v) is 6.38. The van der Waals surface area contributed by atoms with Gasteiger partial charge >= 0.3 is 11.9 Å². The lowest BCUT2D eigenvalue weighted by Crippen LogP contribution is -2.18. The highest BCUT2D eigenvalue weighted by Crippen LogP contribution is 2.14. The maximum absolute atomic E-state index is 12.3.